The van der Waals surface area contributed by atoms with Crippen LogP contribution in [0.1, 0.15) is 25.3 Å². The quantitative estimate of drug-likeness (QED) is 0.887. The van der Waals surface area contributed by atoms with Crippen molar-refractivity contribution >= 4 is 11.6 Å². The van der Waals surface area contributed by atoms with Crippen LogP contribution in [0.25, 0.3) is 0 Å². The van der Waals surface area contributed by atoms with E-state index in [1.807, 2.05) is 12.1 Å². The minimum Gasteiger partial charge on any atom is -0.314 e. The third kappa shape index (κ3) is 3.98. The number of nitrogens with one attached hydrogen (secondary N) is 1. The lowest BCUT2D eigenvalue weighted by Gasteiger charge is -2.32. The van der Waals surface area contributed by atoms with Gasteiger partial charge in [0.25, 0.3) is 0 Å². The van der Waals surface area contributed by atoms with Gasteiger partial charge in [-0.15, -0.1) is 0 Å². The molecule has 0 bridgehead atoms. The minimum absolute atomic E-state index is 0.724. The highest BCUT2D eigenvalue weighted by Gasteiger charge is 2.17. The van der Waals surface area contributed by atoms with Crippen molar-refractivity contribution in [3.63, 3.8) is 0 Å². The van der Waals surface area contributed by atoms with Gasteiger partial charge in [-0.05, 0) is 50.2 Å². The number of piperidine rings is 1. The molecule has 1 aliphatic rings. The van der Waals surface area contributed by atoms with E-state index in [2.05, 4.69) is 29.3 Å². The molecule has 17 heavy (non-hydrogen) atoms. The zero-order chi connectivity index (χ0) is 12.1. The van der Waals surface area contributed by atoms with E-state index in [4.69, 9.17) is 11.6 Å². The topological polar surface area (TPSA) is 15.3 Å². The van der Waals surface area contributed by atoms with E-state index in [0.29, 0.717) is 0 Å². The number of rotatable bonds is 4. The minimum atomic E-state index is 0.724. The van der Waals surface area contributed by atoms with Crippen molar-refractivity contribution in [2.45, 2.75) is 32.4 Å². The summed E-state index contributed by atoms with van der Waals surface area (Å²) in [7, 11) is 0. The maximum Gasteiger partial charge on any atom is 0.0406 e. The van der Waals surface area contributed by atoms with Crippen molar-refractivity contribution < 1.29 is 0 Å². The summed E-state index contributed by atoms with van der Waals surface area (Å²) < 4.78 is 0. The Morgan fingerprint density at radius 3 is 2.47 bits per heavy atom. The van der Waals surface area contributed by atoms with Crippen LogP contribution in [0, 0.1) is 0 Å². The highest BCUT2D eigenvalue weighted by atomic mass is 35.5. The van der Waals surface area contributed by atoms with E-state index in [0.717, 1.165) is 24.2 Å². The normalized spacial score (nSPS) is 18.5. The van der Waals surface area contributed by atoms with E-state index in [1.165, 1.54) is 31.5 Å². The molecule has 0 unspecified atom stereocenters. The molecular weight excluding hydrogens is 232 g/mol. The van der Waals surface area contributed by atoms with Gasteiger partial charge in [0.05, 0.1) is 0 Å². The summed E-state index contributed by atoms with van der Waals surface area (Å²) in [6.07, 6.45) is 2.53. The molecule has 1 N–H and O–H groups in total. The maximum atomic E-state index is 5.89. The van der Waals surface area contributed by atoms with Gasteiger partial charge in [0, 0.05) is 17.6 Å². The Kier molecular flexibility index (Phi) is 4.84. The standard InChI is InChI=1S/C14H21ClN2/c1-2-16-14-7-9-17(10-8-14)11-12-3-5-13(15)6-4-12/h3-6,14,16H,2,7-11H2,1H3. The van der Waals surface area contributed by atoms with Crippen molar-refractivity contribution in [1.82, 2.24) is 10.2 Å². The third-order valence-electron chi connectivity index (χ3n) is 3.40. The molecule has 1 aliphatic heterocycles. The molecule has 0 amide bonds. The van der Waals surface area contributed by atoms with E-state index < -0.39 is 0 Å². The number of likely N-dealkylation sites (tertiary alicyclic amines) is 1. The third-order valence-corrected chi connectivity index (χ3v) is 3.65. The lowest BCUT2D eigenvalue weighted by atomic mass is 10.0. The van der Waals surface area contributed by atoms with Crippen molar-refractivity contribution in [3.05, 3.63) is 34.9 Å². The van der Waals surface area contributed by atoms with Gasteiger partial charge in [-0.3, -0.25) is 4.90 Å². The zero-order valence-electron chi connectivity index (χ0n) is 10.5. The second-order valence-corrected chi connectivity index (χ2v) is 5.17. The monoisotopic (exact) mass is 252 g/mol. The van der Waals surface area contributed by atoms with Crippen molar-refractivity contribution in [2.24, 2.45) is 0 Å². The predicted molar refractivity (Wildman–Crippen MR) is 73.4 cm³/mol. The summed E-state index contributed by atoms with van der Waals surface area (Å²) in [5.74, 6) is 0. The Balaban J connectivity index is 1.79. The maximum absolute atomic E-state index is 5.89. The van der Waals surface area contributed by atoms with E-state index in [9.17, 15) is 0 Å². The van der Waals surface area contributed by atoms with E-state index in [-0.39, 0.29) is 0 Å². The van der Waals surface area contributed by atoms with Gasteiger partial charge in [0.15, 0.2) is 0 Å². The Morgan fingerprint density at radius 1 is 1.24 bits per heavy atom. The summed E-state index contributed by atoms with van der Waals surface area (Å²) in [4.78, 5) is 2.52. The first-order chi connectivity index (χ1) is 8.28. The number of halogens is 1. The van der Waals surface area contributed by atoms with Gasteiger partial charge in [0.1, 0.15) is 0 Å². The van der Waals surface area contributed by atoms with Gasteiger partial charge in [0.2, 0.25) is 0 Å². The second kappa shape index (κ2) is 6.39. The van der Waals surface area contributed by atoms with Gasteiger partial charge in [-0.2, -0.15) is 0 Å². The summed E-state index contributed by atoms with van der Waals surface area (Å²) in [6, 6.07) is 8.92. The van der Waals surface area contributed by atoms with Crippen LogP contribution in [0.2, 0.25) is 5.02 Å². The Bertz CT molecular complexity index is 329. The zero-order valence-corrected chi connectivity index (χ0v) is 11.2. The highest BCUT2D eigenvalue weighted by Crippen LogP contribution is 2.15. The van der Waals surface area contributed by atoms with Crippen LogP contribution < -0.4 is 5.32 Å². The molecule has 1 aromatic carbocycles. The average Bonchev–Trinajstić information content (AvgIpc) is 2.35. The Hall–Kier alpha value is -0.570. The lowest BCUT2D eigenvalue weighted by molar-refractivity contribution is 0.192. The first-order valence-corrected chi connectivity index (χ1v) is 6.86. The highest BCUT2D eigenvalue weighted by molar-refractivity contribution is 6.30. The fraction of sp³-hybridized carbons (Fsp3) is 0.571. The summed E-state index contributed by atoms with van der Waals surface area (Å²) in [5.41, 5.74) is 1.36. The van der Waals surface area contributed by atoms with Crippen LogP contribution in [0.4, 0.5) is 0 Å². The van der Waals surface area contributed by atoms with Gasteiger partial charge < -0.3 is 5.32 Å². The first kappa shape index (κ1) is 12.9. The number of hydrogen-bond donors (Lipinski definition) is 1. The van der Waals surface area contributed by atoms with Crippen LogP contribution in [0.3, 0.4) is 0 Å². The van der Waals surface area contributed by atoms with Crippen LogP contribution in [-0.2, 0) is 6.54 Å². The number of benzene rings is 1. The molecule has 0 spiro atoms. The summed E-state index contributed by atoms with van der Waals surface area (Å²) >= 11 is 5.89. The van der Waals surface area contributed by atoms with Gasteiger partial charge >= 0.3 is 0 Å². The second-order valence-electron chi connectivity index (χ2n) is 4.73. The number of hydrogen-bond acceptors (Lipinski definition) is 2. The lowest BCUT2D eigenvalue weighted by Crippen LogP contribution is -2.42. The molecule has 3 heteroatoms. The molecule has 2 rings (SSSR count). The van der Waals surface area contributed by atoms with E-state index >= 15 is 0 Å². The van der Waals surface area contributed by atoms with Crippen molar-refractivity contribution in [1.29, 1.82) is 0 Å². The molecule has 2 nitrogen and oxygen atoms in total. The van der Waals surface area contributed by atoms with E-state index in [1.54, 1.807) is 0 Å². The molecular formula is C14H21ClN2. The van der Waals surface area contributed by atoms with Crippen LogP contribution >= 0.6 is 11.6 Å². The van der Waals surface area contributed by atoms with Crippen molar-refractivity contribution in [2.75, 3.05) is 19.6 Å². The molecule has 0 radical (unpaired) electrons. The largest absolute Gasteiger partial charge is 0.314 e. The molecule has 0 atom stereocenters. The van der Waals surface area contributed by atoms with Crippen LogP contribution in [0.15, 0.2) is 24.3 Å². The fourth-order valence-corrected chi connectivity index (χ4v) is 2.56. The van der Waals surface area contributed by atoms with Crippen LogP contribution in [0.5, 0.6) is 0 Å². The van der Waals surface area contributed by atoms with Crippen LogP contribution in [-0.4, -0.2) is 30.6 Å². The molecule has 1 aromatic rings. The molecule has 1 heterocycles. The van der Waals surface area contributed by atoms with Gasteiger partial charge in [-0.25, -0.2) is 0 Å². The first-order valence-electron chi connectivity index (χ1n) is 6.48. The van der Waals surface area contributed by atoms with Gasteiger partial charge in [-0.1, -0.05) is 30.7 Å². The molecule has 0 saturated carbocycles. The molecule has 94 valence electrons. The SMILES string of the molecule is CCNC1CCN(Cc2ccc(Cl)cc2)CC1. The Morgan fingerprint density at radius 2 is 1.88 bits per heavy atom. The van der Waals surface area contributed by atoms with Crippen molar-refractivity contribution in [3.8, 4) is 0 Å². The molecule has 1 saturated heterocycles. The summed E-state index contributed by atoms with van der Waals surface area (Å²) in [6.45, 7) is 6.71. The summed E-state index contributed by atoms with van der Waals surface area (Å²) in [5, 5.41) is 4.35. The molecule has 0 aliphatic carbocycles. The predicted octanol–water partition coefficient (Wildman–Crippen LogP) is 2.91. The molecule has 0 aromatic heterocycles. The Labute approximate surface area is 109 Å². The smallest absolute Gasteiger partial charge is 0.0406 e. The fourth-order valence-electron chi connectivity index (χ4n) is 2.43. The number of nitrogens with zero attached hydrogens (tertiary/aromatic N) is 1. The molecule has 1 fully saturated rings. The average molecular weight is 253 g/mol.